The van der Waals surface area contributed by atoms with Crippen LogP contribution in [-0.2, 0) is 14.3 Å². The van der Waals surface area contributed by atoms with Gasteiger partial charge in [0.25, 0.3) is 0 Å². The van der Waals surface area contributed by atoms with Gasteiger partial charge in [-0.2, -0.15) is 0 Å². The van der Waals surface area contributed by atoms with E-state index in [0.29, 0.717) is 0 Å². The van der Waals surface area contributed by atoms with Crippen LogP contribution in [-0.4, -0.2) is 67.1 Å². The van der Waals surface area contributed by atoms with Crippen LogP contribution in [0, 0.1) is 0 Å². The molecular weight excluding hydrogens is 264 g/mol. The summed E-state index contributed by atoms with van der Waals surface area (Å²) in [6, 6.07) is 0. The summed E-state index contributed by atoms with van der Waals surface area (Å²) < 4.78 is 10.3. The molecule has 118 valence electrons. The first-order valence-electron chi connectivity index (χ1n) is 6.39. The minimum atomic E-state index is -1.01. The van der Waals surface area contributed by atoms with Crippen molar-refractivity contribution in [3.05, 3.63) is 0 Å². The maximum Gasteiger partial charge on any atom is 0.408 e. The molecule has 0 rings (SSSR count). The average molecular weight is 290 g/mol. The summed E-state index contributed by atoms with van der Waals surface area (Å²) in [6.45, 7) is 6.40. The maximum atomic E-state index is 11.7. The number of amides is 2. The molecule has 0 aromatic heterocycles. The number of aliphatic hydroxyl groups excluding tert-OH is 1. The first-order valence-corrected chi connectivity index (χ1v) is 6.39. The molecule has 7 nitrogen and oxygen atoms in total. The van der Waals surface area contributed by atoms with E-state index in [1.807, 2.05) is 0 Å². The highest BCUT2D eigenvalue weighted by Gasteiger charge is 2.29. The van der Waals surface area contributed by atoms with Gasteiger partial charge >= 0.3 is 6.09 Å². The molecule has 7 heteroatoms. The Labute approximate surface area is 120 Å². The number of ether oxygens (including phenoxy) is 2. The number of hydrogen-bond acceptors (Lipinski definition) is 5. The van der Waals surface area contributed by atoms with E-state index in [0.717, 1.165) is 0 Å². The van der Waals surface area contributed by atoms with Crippen molar-refractivity contribution in [2.45, 2.75) is 38.8 Å². The molecule has 0 aromatic carbocycles. The summed E-state index contributed by atoms with van der Waals surface area (Å²) in [5.74, 6) is -0.192. The highest BCUT2D eigenvalue weighted by Crippen LogP contribution is 2.10. The number of nitrogens with one attached hydrogen (secondary N) is 1. The molecule has 2 N–H and O–H groups in total. The van der Waals surface area contributed by atoms with Gasteiger partial charge in [0.2, 0.25) is 5.91 Å². The van der Waals surface area contributed by atoms with Gasteiger partial charge in [-0.25, -0.2) is 4.79 Å². The first-order chi connectivity index (χ1) is 8.99. The van der Waals surface area contributed by atoms with Gasteiger partial charge in [-0.1, -0.05) is 0 Å². The maximum absolute atomic E-state index is 11.7. The van der Waals surface area contributed by atoms with Crippen LogP contribution < -0.4 is 5.32 Å². The second-order valence-corrected chi connectivity index (χ2v) is 6.13. The second kappa shape index (κ2) is 7.44. The molecule has 20 heavy (non-hydrogen) atoms. The Morgan fingerprint density at radius 2 is 1.75 bits per heavy atom. The molecule has 0 fully saturated rings. The minimum absolute atomic E-state index is 0.00230. The van der Waals surface area contributed by atoms with Gasteiger partial charge < -0.3 is 24.8 Å². The molecule has 0 saturated carbocycles. The van der Waals surface area contributed by atoms with E-state index in [-0.39, 0.29) is 25.7 Å². The second-order valence-electron chi connectivity index (χ2n) is 6.13. The number of likely N-dealkylation sites (N-methyl/N-ethyl adjacent to an activating group) is 1. The van der Waals surface area contributed by atoms with Crippen molar-refractivity contribution in [1.82, 2.24) is 10.2 Å². The standard InChI is InChI=1S/C13H26N2O5/c1-12(2,3)20-11(18)14-13(4,8-16)9-19-7-10(17)15(5)6/h16H,7-9H2,1-6H3,(H,14,18). The van der Waals surface area contributed by atoms with E-state index in [2.05, 4.69) is 5.32 Å². The van der Waals surface area contributed by atoms with Gasteiger partial charge in [-0.05, 0) is 27.7 Å². The first kappa shape index (κ1) is 18.7. The Balaban J connectivity index is 4.33. The van der Waals surface area contributed by atoms with Crippen molar-refractivity contribution in [1.29, 1.82) is 0 Å². The third-order valence-corrected chi connectivity index (χ3v) is 2.30. The van der Waals surface area contributed by atoms with Crippen LogP contribution >= 0.6 is 0 Å². The molecule has 2 amide bonds. The summed E-state index contributed by atoms with van der Waals surface area (Å²) in [7, 11) is 3.24. The predicted octanol–water partition coefficient (Wildman–Crippen LogP) is 0.367. The molecule has 0 aliphatic rings. The zero-order valence-electron chi connectivity index (χ0n) is 13.1. The largest absolute Gasteiger partial charge is 0.444 e. The number of carbonyl (C=O) groups excluding carboxylic acids is 2. The van der Waals surface area contributed by atoms with Crippen LogP contribution in [0.4, 0.5) is 4.79 Å². The summed E-state index contributed by atoms with van der Waals surface area (Å²) in [5, 5.41) is 11.9. The van der Waals surface area contributed by atoms with Crippen molar-refractivity contribution in [2.75, 3.05) is 33.9 Å². The fraction of sp³-hybridized carbons (Fsp3) is 0.846. The van der Waals surface area contributed by atoms with E-state index in [1.54, 1.807) is 41.8 Å². The highest BCUT2D eigenvalue weighted by atomic mass is 16.6. The normalized spacial score (nSPS) is 14.3. The van der Waals surface area contributed by atoms with E-state index < -0.39 is 17.2 Å². The highest BCUT2D eigenvalue weighted by molar-refractivity contribution is 5.76. The SMILES string of the molecule is CN(C)C(=O)COCC(C)(CO)NC(=O)OC(C)(C)C. The molecule has 1 unspecified atom stereocenters. The van der Waals surface area contributed by atoms with Crippen LogP contribution in [0.5, 0.6) is 0 Å². The molecule has 0 aliphatic carbocycles. The number of alkyl carbamates (subject to hydrolysis) is 1. The van der Waals surface area contributed by atoms with Crippen molar-refractivity contribution in [3.63, 3.8) is 0 Å². The molecule has 0 radical (unpaired) electrons. The Hall–Kier alpha value is -1.34. The fourth-order valence-electron chi connectivity index (χ4n) is 1.16. The van der Waals surface area contributed by atoms with Crippen molar-refractivity contribution < 1.29 is 24.2 Å². The van der Waals surface area contributed by atoms with E-state index in [4.69, 9.17) is 9.47 Å². The van der Waals surface area contributed by atoms with Gasteiger partial charge in [0, 0.05) is 14.1 Å². The lowest BCUT2D eigenvalue weighted by Crippen LogP contribution is -2.53. The van der Waals surface area contributed by atoms with Crippen molar-refractivity contribution in [3.8, 4) is 0 Å². The molecule has 0 aliphatic heterocycles. The van der Waals surface area contributed by atoms with Gasteiger partial charge in [0.05, 0.1) is 18.8 Å². The predicted molar refractivity (Wildman–Crippen MR) is 74.4 cm³/mol. The van der Waals surface area contributed by atoms with Crippen LogP contribution in [0.2, 0.25) is 0 Å². The smallest absolute Gasteiger partial charge is 0.408 e. The summed E-state index contributed by atoms with van der Waals surface area (Å²) >= 11 is 0. The molecule has 0 saturated heterocycles. The van der Waals surface area contributed by atoms with E-state index in [1.165, 1.54) is 4.90 Å². The van der Waals surface area contributed by atoms with Gasteiger partial charge in [0.15, 0.2) is 0 Å². The quantitative estimate of drug-likeness (QED) is 0.738. The van der Waals surface area contributed by atoms with E-state index >= 15 is 0 Å². The topological polar surface area (TPSA) is 88.1 Å². The molecule has 0 spiro atoms. The molecule has 0 heterocycles. The summed E-state index contributed by atoms with van der Waals surface area (Å²) in [6.07, 6.45) is -0.642. The van der Waals surface area contributed by atoms with Crippen LogP contribution in [0.3, 0.4) is 0 Å². The molecule has 0 aromatic rings. The van der Waals surface area contributed by atoms with Gasteiger partial charge in [-0.15, -0.1) is 0 Å². The Kier molecular flexibility index (Phi) is 6.95. The minimum Gasteiger partial charge on any atom is -0.444 e. The average Bonchev–Trinajstić information content (AvgIpc) is 2.25. The third-order valence-electron chi connectivity index (χ3n) is 2.30. The molecular formula is C13H26N2O5. The summed E-state index contributed by atoms with van der Waals surface area (Å²) in [4.78, 5) is 24.4. The number of aliphatic hydroxyl groups is 1. The lowest BCUT2D eigenvalue weighted by molar-refractivity contribution is -0.134. The van der Waals surface area contributed by atoms with Crippen LogP contribution in [0.25, 0.3) is 0 Å². The molecule has 1 atom stereocenters. The van der Waals surface area contributed by atoms with Gasteiger partial charge in [0.1, 0.15) is 12.2 Å². The zero-order valence-corrected chi connectivity index (χ0v) is 13.1. The Bertz CT molecular complexity index is 338. The number of hydrogen-bond donors (Lipinski definition) is 2. The fourth-order valence-corrected chi connectivity index (χ4v) is 1.16. The van der Waals surface area contributed by atoms with Crippen molar-refractivity contribution >= 4 is 12.0 Å². The third kappa shape index (κ3) is 7.96. The monoisotopic (exact) mass is 290 g/mol. The van der Waals surface area contributed by atoms with E-state index in [9.17, 15) is 14.7 Å². The lowest BCUT2D eigenvalue weighted by Gasteiger charge is -2.30. The van der Waals surface area contributed by atoms with Crippen LogP contribution in [0.1, 0.15) is 27.7 Å². The molecule has 0 bridgehead atoms. The zero-order chi connectivity index (χ0) is 16.0. The van der Waals surface area contributed by atoms with Crippen molar-refractivity contribution in [2.24, 2.45) is 0 Å². The summed E-state index contributed by atoms with van der Waals surface area (Å²) in [5.41, 5.74) is -1.63. The lowest BCUT2D eigenvalue weighted by atomic mass is 10.1. The van der Waals surface area contributed by atoms with Gasteiger partial charge in [-0.3, -0.25) is 4.79 Å². The Morgan fingerprint density at radius 1 is 1.20 bits per heavy atom. The number of rotatable bonds is 6. The van der Waals surface area contributed by atoms with Crippen LogP contribution in [0.15, 0.2) is 0 Å². The Morgan fingerprint density at radius 3 is 2.15 bits per heavy atom. The number of carbonyl (C=O) groups is 2. The number of nitrogens with zero attached hydrogens (tertiary/aromatic N) is 1.